The molecule has 9 heteroatoms. The highest BCUT2D eigenvalue weighted by atomic mass is 19.4. The van der Waals surface area contributed by atoms with E-state index in [-0.39, 0.29) is 15.7 Å². The Bertz CT molecular complexity index is 1030. The minimum Gasteiger partial charge on any atom is -0.292 e. The summed E-state index contributed by atoms with van der Waals surface area (Å²) in [7, 11) is 0.850. The lowest BCUT2D eigenvalue weighted by molar-refractivity contribution is -0.144. The molecule has 0 spiro atoms. The Hall–Kier alpha value is -3.15. The van der Waals surface area contributed by atoms with Crippen LogP contribution in [0, 0.1) is 24.1 Å². The van der Waals surface area contributed by atoms with Gasteiger partial charge in [-0.2, -0.15) is 18.4 Å². The second-order valence-corrected chi connectivity index (χ2v) is 5.46. The largest absolute Gasteiger partial charge is 0.432 e. The highest BCUT2D eigenvalue weighted by Crippen LogP contribution is 2.29. The zero-order valence-corrected chi connectivity index (χ0v) is 14.0. The number of benzene rings is 1. The zero-order valence-electron chi connectivity index (χ0n) is 14.0. The summed E-state index contributed by atoms with van der Waals surface area (Å²) < 4.78 is 54.3. The normalized spacial score (nSPS) is 11.8. The molecule has 2 aromatic rings. The Kier molecular flexibility index (Phi) is 4.89. The van der Waals surface area contributed by atoms with Crippen molar-refractivity contribution >= 4 is 6.08 Å². The number of aromatic nitrogens is 2. The van der Waals surface area contributed by atoms with Crippen LogP contribution in [0.1, 0.15) is 29.3 Å². The molecule has 2 rings (SSSR count). The molecule has 1 aromatic carbocycles. The number of rotatable bonds is 2. The predicted octanol–water partition coefficient (Wildman–Crippen LogP) is 2.91. The summed E-state index contributed by atoms with van der Waals surface area (Å²) in [6, 6.07) is 3.67. The monoisotopic (exact) mass is 367 g/mol. The van der Waals surface area contributed by atoms with Crippen molar-refractivity contribution in [3.05, 3.63) is 67.2 Å². The van der Waals surface area contributed by atoms with Gasteiger partial charge in [0, 0.05) is 12.6 Å². The lowest BCUT2D eigenvalue weighted by Gasteiger charge is -2.17. The van der Waals surface area contributed by atoms with Gasteiger partial charge >= 0.3 is 11.9 Å². The molecule has 0 aliphatic rings. The molecule has 5 nitrogen and oxygen atoms in total. The van der Waals surface area contributed by atoms with Gasteiger partial charge in [0.1, 0.15) is 11.5 Å². The van der Waals surface area contributed by atoms with Crippen molar-refractivity contribution in [1.82, 2.24) is 9.13 Å². The molecule has 0 radical (unpaired) electrons. The van der Waals surface area contributed by atoms with Crippen molar-refractivity contribution in [2.45, 2.75) is 20.0 Å². The molecule has 0 N–H and O–H groups in total. The van der Waals surface area contributed by atoms with Crippen LogP contribution in [0.25, 0.3) is 11.8 Å². The second-order valence-electron chi connectivity index (χ2n) is 5.46. The van der Waals surface area contributed by atoms with E-state index in [0.29, 0.717) is 4.57 Å². The Balaban J connectivity index is 2.96. The molecule has 0 unspecified atom stereocenters. The molecular weight excluding hydrogens is 354 g/mol. The number of nitrogens with zero attached hydrogens (tertiary/aromatic N) is 3. The molecule has 0 atom stereocenters. The summed E-state index contributed by atoms with van der Waals surface area (Å²) in [6.07, 6.45) is -1.92. The smallest absolute Gasteiger partial charge is 0.292 e. The van der Waals surface area contributed by atoms with E-state index < -0.39 is 40.2 Å². The molecule has 0 saturated carbocycles. The quantitative estimate of drug-likeness (QED) is 0.767. The van der Waals surface area contributed by atoms with Gasteiger partial charge < -0.3 is 0 Å². The van der Waals surface area contributed by atoms with Crippen LogP contribution in [0.4, 0.5) is 17.6 Å². The van der Waals surface area contributed by atoms with E-state index in [2.05, 4.69) is 0 Å². The molecule has 0 aliphatic carbocycles. The fourth-order valence-corrected chi connectivity index (χ4v) is 2.63. The maximum absolute atomic E-state index is 14.4. The van der Waals surface area contributed by atoms with E-state index in [1.54, 1.807) is 19.1 Å². The molecule has 0 amide bonds. The van der Waals surface area contributed by atoms with Crippen molar-refractivity contribution < 1.29 is 17.6 Å². The third-order valence-corrected chi connectivity index (χ3v) is 3.79. The molecule has 0 aliphatic heterocycles. The predicted molar refractivity (Wildman–Crippen MR) is 86.4 cm³/mol. The number of hydrogen-bond acceptors (Lipinski definition) is 3. The first-order valence-electron chi connectivity index (χ1n) is 7.31. The minimum absolute atomic E-state index is 0.0437. The SMILES string of the molecule is CC=Cc1cc(-n2c(=O)c(C)c(C(F)(F)F)n(C)c2=O)c(F)cc1C#N. The average molecular weight is 367 g/mol. The van der Waals surface area contributed by atoms with E-state index in [0.717, 1.165) is 26.1 Å². The van der Waals surface area contributed by atoms with Gasteiger partial charge in [0.25, 0.3) is 5.56 Å². The van der Waals surface area contributed by atoms with E-state index >= 15 is 0 Å². The molecule has 0 fully saturated rings. The Morgan fingerprint density at radius 1 is 1.23 bits per heavy atom. The third kappa shape index (κ3) is 3.06. The number of hydrogen-bond donors (Lipinski definition) is 0. The van der Waals surface area contributed by atoms with Gasteiger partial charge in [-0.3, -0.25) is 9.36 Å². The number of halogens is 4. The van der Waals surface area contributed by atoms with Crippen molar-refractivity contribution in [3.63, 3.8) is 0 Å². The summed E-state index contributed by atoms with van der Waals surface area (Å²) in [5, 5.41) is 9.04. The maximum Gasteiger partial charge on any atom is 0.432 e. The van der Waals surface area contributed by atoms with Crippen molar-refractivity contribution in [2.75, 3.05) is 0 Å². The van der Waals surface area contributed by atoms with Gasteiger partial charge in [0.15, 0.2) is 0 Å². The standard InChI is InChI=1S/C17H13F4N3O2/c1-4-5-10-7-13(12(18)6-11(10)8-22)24-15(25)9(2)14(17(19,20)21)23(3)16(24)26/h4-7H,1-3H3. The van der Waals surface area contributed by atoms with Gasteiger partial charge in [0.2, 0.25) is 0 Å². The van der Waals surface area contributed by atoms with E-state index in [1.165, 1.54) is 6.08 Å². The third-order valence-electron chi connectivity index (χ3n) is 3.79. The van der Waals surface area contributed by atoms with Crippen LogP contribution >= 0.6 is 0 Å². The summed E-state index contributed by atoms with van der Waals surface area (Å²) >= 11 is 0. The molecule has 26 heavy (non-hydrogen) atoms. The Morgan fingerprint density at radius 3 is 2.35 bits per heavy atom. The zero-order chi connectivity index (χ0) is 19.8. The van der Waals surface area contributed by atoms with Gasteiger partial charge in [-0.25, -0.2) is 13.8 Å². The Labute approximate surface area is 145 Å². The minimum atomic E-state index is -4.92. The van der Waals surface area contributed by atoms with Gasteiger partial charge in [-0.05, 0) is 31.5 Å². The van der Waals surface area contributed by atoms with Crippen molar-refractivity contribution in [1.29, 1.82) is 5.26 Å². The van der Waals surface area contributed by atoms with Crippen LogP contribution in [-0.4, -0.2) is 9.13 Å². The van der Waals surface area contributed by atoms with E-state index in [1.807, 2.05) is 0 Å². The van der Waals surface area contributed by atoms with E-state index in [4.69, 9.17) is 5.26 Å². The number of nitriles is 1. The summed E-state index contributed by atoms with van der Waals surface area (Å²) in [4.78, 5) is 24.7. The van der Waals surface area contributed by atoms with Crippen LogP contribution in [0.3, 0.4) is 0 Å². The van der Waals surface area contributed by atoms with Gasteiger partial charge in [-0.15, -0.1) is 0 Å². The first kappa shape index (κ1) is 19.2. The van der Waals surface area contributed by atoms with E-state index in [9.17, 15) is 27.2 Å². The maximum atomic E-state index is 14.4. The van der Waals surface area contributed by atoms with Crippen LogP contribution in [-0.2, 0) is 13.2 Å². The van der Waals surface area contributed by atoms with Crippen LogP contribution < -0.4 is 11.2 Å². The molecule has 0 bridgehead atoms. The number of allylic oxidation sites excluding steroid dienone is 1. The summed E-state index contributed by atoms with van der Waals surface area (Å²) in [6.45, 7) is 2.55. The van der Waals surface area contributed by atoms with Crippen LogP contribution in [0.5, 0.6) is 0 Å². The molecule has 1 heterocycles. The molecule has 1 aromatic heterocycles. The fourth-order valence-electron chi connectivity index (χ4n) is 2.63. The fraction of sp³-hybridized carbons (Fsp3) is 0.235. The van der Waals surface area contributed by atoms with Gasteiger partial charge in [0.05, 0.1) is 17.3 Å². The van der Waals surface area contributed by atoms with Crippen molar-refractivity contribution in [2.24, 2.45) is 7.05 Å². The summed E-state index contributed by atoms with van der Waals surface area (Å²) in [5.41, 5.74) is -5.11. The average Bonchev–Trinajstić information content (AvgIpc) is 2.54. The lowest BCUT2D eigenvalue weighted by atomic mass is 10.1. The summed E-state index contributed by atoms with van der Waals surface area (Å²) in [5.74, 6) is -1.08. The Morgan fingerprint density at radius 2 is 1.85 bits per heavy atom. The lowest BCUT2D eigenvalue weighted by Crippen LogP contribution is -2.43. The first-order chi connectivity index (χ1) is 12.0. The van der Waals surface area contributed by atoms with Gasteiger partial charge in [-0.1, -0.05) is 12.2 Å². The first-order valence-corrected chi connectivity index (χ1v) is 7.31. The van der Waals surface area contributed by atoms with Crippen LogP contribution in [0.15, 0.2) is 27.8 Å². The topological polar surface area (TPSA) is 67.8 Å². The number of alkyl halides is 3. The highest BCUT2D eigenvalue weighted by molar-refractivity contribution is 5.61. The highest BCUT2D eigenvalue weighted by Gasteiger charge is 2.38. The van der Waals surface area contributed by atoms with Crippen molar-refractivity contribution in [3.8, 4) is 11.8 Å². The molecular formula is C17H13F4N3O2. The van der Waals surface area contributed by atoms with Crippen LogP contribution in [0.2, 0.25) is 0 Å². The second kappa shape index (κ2) is 6.63. The molecule has 0 saturated heterocycles. The molecule has 136 valence electrons.